The van der Waals surface area contributed by atoms with Crippen molar-refractivity contribution in [2.24, 2.45) is 0 Å². The molecule has 0 saturated carbocycles. The Morgan fingerprint density at radius 3 is 2.55 bits per heavy atom. The maximum atomic E-state index is 12.7. The normalized spacial score (nSPS) is 10.2. The quantitative estimate of drug-likeness (QED) is 0.865. The predicted octanol–water partition coefficient (Wildman–Crippen LogP) is 4.22. The van der Waals surface area contributed by atoms with Gasteiger partial charge in [-0.3, -0.25) is 0 Å². The van der Waals surface area contributed by atoms with Gasteiger partial charge in [0.2, 0.25) is 0 Å². The Morgan fingerprint density at radius 1 is 1.20 bits per heavy atom. The third-order valence-corrected chi connectivity index (χ3v) is 3.67. The minimum Gasteiger partial charge on any atom is -0.334 e. The van der Waals surface area contributed by atoms with E-state index in [1.807, 2.05) is 25.1 Å². The van der Waals surface area contributed by atoms with Gasteiger partial charge >= 0.3 is 6.03 Å². The van der Waals surface area contributed by atoms with E-state index in [4.69, 9.17) is 0 Å². The Balaban J connectivity index is 1.89. The van der Waals surface area contributed by atoms with Gasteiger partial charge in [0.1, 0.15) is 5.82 Å². The lowest BCUT2D eigenvalue weighted by atomic mass is 10.2. The van der Waals surface area contributed by atoms with Crippen molar-refractivity contribution in [1.82, 2.24) is 5.32 Å². The number of nitrogens with one attached hydrogen (secondary N) is 2. The molecule has 2 rings (SSSR count). The van der Waals surface area contributed by atoms with Crippen LogP contribution in [0.2, 0.25) is 0 Å². The van der Waals surface area contributed by atoms with Crippen LogP contribution in [-0.4, -0.2) is 6.03 Å². The van der Waals surface area contributed by atoms with E-state index in [9.17, 15) is 9.18 Å². The zero-order valence-electron chi connectivity index (χ0n) is 10.9. The largest absolute Gasteiger partial charge is 0.334 e. The Kier molecular flexibility index (Phi) is 4.74. The second-order valence-corrected chi connectivity index (χ2v) is 5.25. The zero-order valence-corrected chi connectivity index (χ0v) is 12.5. The van der Waals surface area contributed by atoms with Crippen LogP contribution in [0.1, 0.15) is 11.1 Å². The number of urea groups is 1. The molecule has 0 aliphatic carbocycles. The first-order valence-corrected chi connectivity index (χ1v) is 6.89. The van der Waals surface area contributed by atoms with E-state index >= 15 is 0 Å². The van der Waals surface area contributed by atoms with Crippen LogP contribution in [0.15, 0.2) is 46.9 Å². The van der Waals surface area contributed by atoms with Gasteiger partial charge in [0.15, 0.2) is 0 Å². The second-order valence-electron chi connectivity index (χ2n) is 4.40. The fraction of sp³-hybridized carbons (Fsp3) is 0.133. The van der Waals surface area contributed by atoms with Crippen LogP contribution in [0.3, 0.4) is 0 Å². The molecule has 5 heteroatoms. The van der Waals surface area contributed by atoms with Crippen molar-refractivity contribution in [3.63, 3.8) is 0 Å². The van der Waals surface area contributed by atoms with Crippen LogP contribution in [0.5, 0.6) is 0 Å². The van der Waals surface area contributed by atoms with Gasteiger partial charge in [-0.25, -0.2) is 9.18 Å². The molecule has 3 nitrogen and oxygen atoms in total. The predicted molar refractivity (Wildman–Crippen MR) is 81.1 cm³/mol. The summed E-state index contributed by atoms with van der Waals surface area (Å²) in [6, 6.07) is 11.3. The summed E-state index contributed by atoms with van der Waals surface area (Å²) < 4.78 is 13.7. The van der Waals surface area contributed by atoms with Crippen molar-refractivity contribution in [3.05, 3.63) is 63.9 Å². The molecule has 2 aromatic carbocycles. The van der Waals surface area contributed by atoms with Crippen LogP contribution in [0.4, 0.5) is 14.9 Å². The molecule has 0 saturated heterocycles. The highest BCUT2D eigenvalue weighted by Crippen LogP contribution is 2.19. The van der Waals surface area contributed by atoms with Crippen molar-refractivity contribution in [2.45, 2.75) is 13.5 Å². The molecular weight excluding hydrogens is 323 g/mol. The first-order chi connectivity index (χ1) is 9.54. The number of amides is 2. The van der Waals surface area contributed by atoms with Gasteiger partial charge in [0.05, 0.1) is 0 Å². The van der Waals surface area contributed by atoms with E-state index in [1.54, 1.807) is 12.1 Å². The molecule has 0 aromatic heterocycles. The Bertz CT molecular complexity index is 614. The maximum Gasteiger partial charge on any atom is 0.319 e. The van der Waals surface area contributed by atoms with Crippen LogP contribution in [0, 0.1) is 12.7 Å². The lowest BCUT2D eigenvalue weighted by molar-refractivity contribution is 0.251. The number of anilines is 1. The summed E-state index contributed by atoms with van der Waals surface area (Å²) in [6.07, 6.45) is 0. The van der Waals surface area contributed by atoms with Crippen LogP contribution >= 0.6 is 15.9 Å². The highest BCUT2D eigenvalue weighted by atomic mass is 79.9. The fourth-order valence-electron chi connectivity index (χ4n) is 1.68. The molecule has 2 aromatic rings. The highest BCUT2D eigenvalue weighted by molar-refractivity contribution is 9.10. The van der Waals surface area contributed by atoms with Gasteiger partial charge in [-0.15, -0.1) is 0 Å². The summed E-state index contributed by atoms with van der Waals surface area (Å²) >= 11 is 3.40. The van der Waals surface area contributed by atoms with Crippen molar-refractivity contribution < 1.29 is 9.18 Å². The van der Waals surface area contributed by atoms with Gasteiger partial charge in [-0.1, -0.05) is 28.1 Å². The molecule has 0 aliphatic rings. The number of rotatable bonds is 3. The second kappa shape index (κ2) is 6.52. The van der Waals surface area contributed by atoms with E-state index < -0.39 is 0 Å². The van der Waals surface area contributed by atoms with Gasteiger partial charge < -0.3 is 10.6 Å². The molecule has 2 amide bonds. The van der Waals surface area contributed by atoms with E-state index in [0.29, 0.717) is 6.54 Å². The number of benzene rings is 2. The molecule has 0 fully saturated rings. The van der Waals surface area contributed by atoms with Crippen molar-refractivity contribution in [3.8, 4) is 0 Å². The lowest BCUT2D eigenvalue weighted by Crippen LogP contribution is -2.28. The molecule has 0 atom stereocenters. The molecule has 0 radical (unpaired) electrons. The van der Waals surface area contributed by atoms with E-state index in [-0.39, 0.29) is 11.8 Å². The van der Waals surface area contributed by atoms with E-state index in [2.05, 4.69) is 26.6 Å². The van der Waals surface area contributed by atoms with E-state index in [0.717, 1.165) is 21.3 Å². The van der Waals surface area contributed by atoms with Gasteiger partial charge in [0, 0.05) is 16.7 Å². The molecule has 0 spiro atoms. The Hall–Kier alpha value is -1.88. The first kappa shape index (κ1) is 14.5. The van der Waals surface area contributed by atoms with Crippen molar-refractivity contribution >= 4 is 27.6 Å². The summed E-state index contributed by atoms with van der Waals surface area (Å²) in [4.78, 5) is 11.7. The van der Waals surface area contributed by atoms with E-state index in [1.165, 1.54) is 12.1 Å². The number of hydrogen-bond acceptors (Lipinski definition) is 1. The first-order valence-electron chi connectivity index (χ1n) is 6.10. The lowest BCUT2D eigenvalue weighted by Gasteiger charge is -2.09. The molecule has 104 valence electrons. The molecule has 20 heavy (non-hydrogen) atoms. The monoisotopic (exact) mass is 336 g/mol. The number of hydrogen-bond donors (Lipinski definition) is 2. The molecule has 0 heterocycles. The average molecular weight is 337 g/mol. The standard InChI is InChI=1S/C15H14BrFN2O/c1-10-8-13(6-7-14(10)16)19-15(20)18-9-11-2-4-12(17)5-3-11/h2-8H,9H2,1H3,(H2,18,19,20). The molecule has 0 aliphatic heterocycles. The van der Waals surface area contributed by atoms with Crippen LogP contribution in [-0.2, 0) is 6.54 Å². The summed E-state index contributed by atoms with van der Waals surface area (Å²) in [7, 11) is 0. The van der Waals surface area contributed by atoms with Crippen molar-refractivity contribution in [1.29, 1.82) is 0 Å². The number of carbonyl (C=O) groups is 1. The molecular formula is C15H14BrFN2O. The third kappa shape index (κ3) is 4.06. The minimum absolute atomic E-state index is 0.288. The zero-order chi connectivity index (χ0) is 14.5. The summed E-state index contributed by atoms with van der Waals surface area (Å²) in [6.45, 7) is 2.30. The summed E-state index contributed by atoms with van der Waals surface area (Å²) in [5.74, 6) is -0.288. The number of carbonyl (C=O) groups excluding carboxylic acids is 1. The molecule has 2 N–H and O–H groups in total. The van der Waals surface area contributed by atoms with Gasteiger partial charge in [-0.2, -0.15) is 0 Å². The smallest absolute Gasteiger partial charge is 0.319 e. The highest BCUT2D eigenvalue weighted by Gasteiger charge is 2.03. The third-order valence-electron chi connectivity index (χ3n) is 2.78. The SMILES string of the molecule is Cc1cc(NC(=O)NCc2ccc(F)cc2)ccc1Br. The minimum atomic E-state index is -0.295. The fourth-order valence-corrected chi connectivity index (χ4v) is 1.93. The van der Waals surface area contributed by atoms with Crippen LogP contribution < -0.4 is 10.6 Å². The Morgan fingerprint density at radius 2 is 1.90 bits per heavy atom. The summed E-state index contributed by atoms with van der Waals surface area (Å²) in [5.41, 5.74) is 2.61. The van der Waals surface area contributed by atoms with Gasteiger partial charge in [0.25, 0.3) is 0 Å². The molecule has 0 bridgehead atoms. The van der Waals surface area contributed by atoms with Gasteiger partial charge in [-0.05, 0) is 48.4 Å². The Labute approximate surface area is 125 Å². The van der Waals surface area contributed by atoms with Crippen molar-refractivity contribution in [2.75, 3.05) is 5.32 Å². The maximum absolute atomic E-state index is 12.7. The number of halogens is 2. The summed E-state index contributed by atoms with van der Waals surface area (Å²) in [5, 5.41) is 5.46. The van der Waals surface area contributed by atoms with Crippen LogP contribution in [0.25, 0.3) is 0 Å². The number of aryl methyl sites for hydroxylation is 1. The average Bonchev–Trinajstić information content (AvgIpc) is 2.42. The molecule has 0 unspecified atom stereocenters. The topological polar surface area (TPSA) is 41.1 Å².